The number of ether oxygens (including phenoxy) is 1. The maximum absolute atomic E-state index is 11.5. The van der Waals surface area contributed by atoms with Crippen LogP contribution in [0.2, 0.25) is 0 Å². The third-order valence-electron chi connectivity index (χ3n) is 2.65. The molecule has 1 aromatic rings. The Labute approximate surface area is 99.7 Å². The van der Waals surface area contributed by atoms with Crippen LogP contribution in [0.4, 0.5) is 0 Å². The van der Waals surface area contributed by atoms with Crippen LogP contribution >= 0.6 is 0 Å². The first-order valence-corrected chi connectivity index (χ1v) is 5.20. The molecule has 0 fully saturated rings. The smallest absolute Gasteiger partial charge is 0.339 e. The van der Waals surface area contributed by atoms with Gasteiger partial charge in [-0.15, -0.1) is 0 Å². The summed E-state index contributed by atoms with van der Waals surface area (Å²) in [5.74, 6) is -0.775. The van der Waals surface area contributed by atoms with Gasteiger partial charge in [0, 0.05) is 25.0 Å². The van der Waals surface area contributed by atoms with Crippen molar-refractivity contribution < 1.29 is 14.3 Å². The fraction of sp³-hybridized carbons (Fsp3) is 0.455. The van der Waals surface area contributed by atoms with Crippen molar-refractivity contribution in [3.05, 3.63) is 23.0 Å². The van der Waals surface area contributed by atoms with Crippen LogP contribution in [0.3, 0.4) is 0 Å². The highest BCUT2D eigenvalue weighted by molar-refractivity contribution is 5.91. The zero-order chi connectivity index (χ0) is 13.0. The third kappa shape index (κ3) is 3.07. The molecule has 0 saturated heterocycles. The summed E-state index contributed by atoms with van der Waals surface area (Å²) in [6.45, 7) is 2.42. The van der Waals surface area contributed by atoms with Crippen molar-refractivity contribution in [2.75, 3.05) is 13.7 Å². The molecular weight excluding hydrogens is 222 g/mol. The minimum atomic E-state index is -0.413. The Morgan fingerprint density at radius 3 is 2.71 bits per heavy atom. The summed E-state index contributed by atoms with van der Waals surface area (Å²) in [7, 11) is 3.20. The van der Waals surface area contributed by atoms with Crippen molar-refractivity contribution in [3.63, 3.8) is 0 Å². The first-order chi connectivity index (χ1) is 7.97. The van der Waals surface area contributed by atoms with Crippen molar-refractivity contribution in [1.82, 2.24) is 9.88 Å². The predicted octanol–water partition coefficient (Wildman–Crippen LogP) is -0.305. The van der Waals surface area contributed by atoms with Gasteiger partial charge in [-0.05, 0) is 13.0 Å². The Hall–Kier alpha value is -1.82. The average molecular weight is 239 g/mol. The van der Waals surface area contributed by atoms with E-state index in [1.165, 1.54) is 7.11 Å². The minimum Gasteiger partial charge on any atom is -0.465 e. The monoisotopic (exact) mass is 239 g/mol. The van der Waals surface area contributed by atoms with Crippen LogP contribution in [-0.4, -0.2) is 30.1 Å². The molecule has 0 saturated carbocycles. The summed E-state index contributed by atoms with van der Waals surface area (Å²) in [5, 5.41) is 2.89. The number of aromatic nitrogens is 1. The number of esters is 1. The van der Waals surface area contributed by atoms with Gasteiger partial charge < -0.3 is 20.4 Å². The Morgan fingerprint density at radius 2 is 2.18 bits per heavy atom. The quantitative estimate of drug-likeness (QED) is 0.690. The Bertz CT molecular complexity index is 437. The molecule has 17 heavy (non-hydrogen) atoms. The Morgan fingerprint density at radius 1 is 1.53 bits per heavy atom. The normalized spacial score (nSPS) is 10.3. The highest BCUT2D eigenvalue weighted by atomic mass is 16.5. The summed E-state index contributed by atoms with van der Waals surface area (Å²) in [4.78, 5) is 22.0. The van der Waals surface area contributed by atoms with Crippen LogP contribution in [0.1, 0.15) is 21.7 Å². The maximum Gasteiger partial charge on any atom is 0.339 e. The van der Waals surface area contributed by atoms with Crippen LogP contribution in [-0.2, 0) is 23.1 Å². The highest BCUT2D eigenvalue weighted by Gasteiger charge is 2.15. The number of nitrogens with two attached hydrogens (primary N) is 1. The van der Waals surface area contributed by atoms with E-state index in [2.05, 4.69) is 10.1 Å². The van der Waals surface area contributed by atoms with Crippen molar-refractivity contribution in [1.29, 1.82) is 0 Å². The second-order valence-electron chi connectivity index (χ2n) is 3.76. The van der Waals surface area contributed by atoms with Gasteiger partial charge in [0.25, 0.3) is 0 Å². The van der Waals surface area contributed by atoms with Gasteiger partial charge in [0.2, 0.25) is 5.91 Å². The molecule has 0 atom stereocenters. The number of nitrogens with one attached hydrogen (secondary N) is 1. The molecule has 1 aromatic heterocycles. The lowest BCUT2D eigenvalue weighted by Gasteiger charge is -2.05. The zero-order valence-electron chi connectivity index (χ0n) is 10.2. The van der Waals surface area contributed by atoms with Gasteiger partial charge in [0.1, 0.15) is 0 Å². The first kappa shape index (κ1) is 13.2. The number of methoxy groups -OCH3 is 1. The number of rotatable bonds is 5. The van der Waals surface area contributed by atoms with Crippen LogP contribution in [0.5, 0.6) is 0 Å². The molecule has 94 valence electrons. The fourth-order valence-electron chi connectivity index (χ4n) is 1.56. The second-order valence-corrected chi connectivity index (χ2v) is 3.76. The fourth-order valence-corrected chi connectivity index (χ4v) is 1.56. The summed E-state index contributed by atoms with van der Waals surface area (Å²) in [6, 6.07) is 1.75. The number of hydrogen-bond donors (Lipinski definition) is 2. The van der Waals surface area contributed by atoms with Gasteiger partial charge >= 0.3 is 5.97 Å². The molecule has 0 unspecified atom stereocenters. The third-order valence-corrected chi connectivity index (χ3v) is 2.65. The molecule has 0 aromatic carbocycles. The van der Waals surface area contributed by atoms with E-state index in [9.17, 15) is 9.59 Å². The molecule has 1 rings (SSSR count). The van der Waals surface area contributed by atoms with E-state index in [4.69, 9.17) is 5.73 Å². The molecule has 0 aliphatic carbocycles. The van der Waals surface area contributed by atoms with Crippen molar-refractivity contribution >= 4 is 11.9 Å². The lowest BCUT2D eigenvalue weighted by atomic mass is 10.2. The Kier molecular flexibility index (Phi) is 4.28. The summed E-state index contributed by atoms with van der Waals surface area (Å²) >= 11 is 0. The van der Waals surface area contributed by atoms with Gasteiger partial charge in [-0.2, -0.15) is 0 Å². The van der Waals surface area contributed by atoms with E-state index < -0.39 is 5.91 Å². The molecule has 3 N–H and O–H groups in total. The second kappa shape index (κ2) is 5.49. The van der Waals surface area contributed by atoms with E-state index in [1.54, 1.807) is 6.07 Å². The molecule has 1 heterocycles. The molecule has 6 nitrogen and oxygen atoms in total. The molecule has 0 aliphatic rings. The van der Waals surface area contributed by atoms with E-state index in [-0.39, 0.29) is 12.5 Å². The highest BCUT2D eigenvalue weighted by Crippen LogP contribution is 2.14. The van der Waals surface area contributed by atoms with E-state index in [0.717, 1.165) is 11.4 Å². The van der Waals surface area contributed by atoms with Crippen LogP contribution in [0, 0.1) is 6.92 Å². The van der Waals surface area contributed by atoms with Crippen molar-refractivity contribution in [2.45, 2.75) is 13.5 Å². The lowest BCUT2D eigenvalue weighted by Crippen LogP contribution is -2.28. The summed E-state index contributed by atoms with van der Waals surface area (Å²) in [5.41, 5.74) is 7.27. The molecule has 0 radical (unpaired) electrons. The number of nitrogens with zero attached hydrogens (tertiary/aromatic N) is 1. The van der Waals surface area contributed by atoms with Crippen molar-refractivity contribution in [2.24, 2.45) is 12.8 Å². The lowest BCUT2D eigenvalue weighted by molar-refractivity contribution is -0.117. The van der Waals surface area contributed by atoms with E-state index >= 15 is 0 Å². The standard InChI is InChI=1S/C11H17N3O3/c1-7-9(11(16)17-3)4-8(14(7)2)5-13-6-10(12)15/h4,13H,5-6H2,1-3H3,(H2,12,15). The van der Waals surface area contributed by atoms with Gasteiger partial charge in [-0.3, -0.25) is 4.79 Å². The zero-order valence-corrected chi connectivity index (χ0v) is 10.2. The topological polar surface area (TPSA) is 86.3 Å². The first-order valence-electron chi connectivity index (χ1n) is 5.20. The van der Waals surface area contributed by atoms with Gasteiger partial charge in [-0.1, -0.05) is 0 Å². The minimum absolute atomic E-state index is 0.109. The summed E-state index contributed by atoms with van der Waals surface area (Å²) in [6.07, 6.45) is 0. The average Bonchev–Trinajstić information content (AvgIpc) is 2.56. The number of carbonyl (C=O) groups excluding carboxylic acids is 2. The molecule has 6 heteroatoms. The largest absolute Gasteiger partial charge is 0.465 e. The van der Waals surface area contributed by atoms with Crippen molar-refractivity contribution in [3.8, 4) is 0 Å². The Balaban J connectivity index is 2.80. The molecule has 0 aliphatic heterocycles. The molecule has 0 bridgehead atoms. The van der Waals surface area contributed by atoms with Gasteiger partial charge in [-0.25, -0.2) is 4.79 Å². The van der Waals surface area contributed by atoms with Crippen LogP contribution < -0.4 is 11.1 Å². The molecule has 0 spiro atoms. The van der Waals surface area contributed by atoms with E-state index in [1.807, 2.05) is 18.5 Å². The number of amides is 1. The summed E-state index contributed by atoms with van der Waals surface area (Å²) < 4.78 is 6.56. The number of hydrogen-bond acceptors (Lipinski definition) is 4. The van der Waals surface area contributed by atoms with Crippen LogP contribution in [0.15, 0.2) is 6.07 Å². The molecule has 1 amide bonds. The number of carbonyl (C=O) groups is 2. The SMILES string of the molecule is COC(=O)c1cc(CNCC(N)=O)n(C)c1C. The van der Waals surface area contributed by atoms with Gasteiger partial charge in [0.05, 0.1) is 19.2 Å². The maximum atomic E-state index is 11.5. The van der Waals surface area contributed by atoms with Crippen LogP contribution in [0.25, 0.3) is 0 Å². The number of primary amides is 1. The predicted molar refractivity (Wildman–Crippen MR) is 62.4 cm³/mol. The van der Waals surface area contributed by atoms with Gasteiger partial charge in [0.15, 0.2) is 0 Å². The van der Waals surface area contributed by atoms with E-state index in [0.29, 0.717) is 12.1 Å². The molecular formula is C11H17N3O3.